The van der Waals surface area contributed by atoms with Crippen LogP contribution in [0.2, 0.25) is 0 Å². The third kappa shape index (κ3) is 6.24. The summed E-state index contributed by atoms with van der Waals surface area (Å²) in [6.45, 7) is 9.29. The Hall–Kier alpha value is -0.120. The molecule has 1 atom stereocenters. The number of alkyl halides is 1. The Balaban J connectivity index is 2.34. The van der Waals surface area contributed by atoms with Crippen LogP contribution in [-0.4, -0.2) is 29.0 Å². The van der Waals surface area contributed by atoms with E-state index in [1.807, 2.05) is 0 Å². The minimum atomic E-state index is 0.534. The van der Waals surface area contributed by atoms with Gasteiger partial charge in [0.25, 0.3) is 0 Å². The third-order valence-electron chi connectivity index (χ3n) is 3.59. The summed E-state index contributed by atoms with van der Waals surface area (Å²) in [5.41, 5.74) is 1.02. The van der Waals surface area contributed by atoms with Crippen LogP contribution in [0.15, 0.2) is 5.38 Å². The molecular weight excluding hydrogens is 276 g/mol. The molecule has 0 saturated heterocycles. The zero-order valence-corrected chi connectivity index (χ0v) is 14.1. The van der Waals surface area contributed by atoms with Gasteiger partial charge < -0.3 is 4.90 Å². The van der Waals surface area contributed by atoms with Crippen molar-refractivity contribution in [2.45, 2.75) is 64.8 Å². The fourth-order valence-corrected chi connectivity index (χ4v) is 3.20. The first-order chi connectivity index (χ1) is 9.21. The van der Waals surface area contributed by atoms with E-state index in [1.165, 1.54) is 43.8 Å². The van der Waals surface area contributed by atoms with E-state index in [1.54, 1.807) is 11.3 Å². The van der Waals surface area contributed by atoms with E-state index in [2.05, 4.69) is 36.0 Å². The summed E-state index contributed by atoms with van der Waals surface area (Å²) in [4.78, 5) is 7.15. The molecule has 1 aromatic rings. The lowest BCUT2D eigenvalue weighted by atomic mass is 10.1. The Bertz CT molecular complexity index is 341. The molecule has 0 radical (unpaired) electrons. The molecule has 19 heavy (non-hydrogen) atoms. The minimum absolute atomic E-state index is 0.534. The van der Waals surface area contributed by atoms with E-state index in [-0.39, 0.29) is 0 Å². The number of nitrogens with zero attached hydrogens (tertiary/aromatic N) is 2. The minimum Gasteiger partial charge on any atom is -0.301 e. The SMILES string of the molecule is CCCCN(CCCc1nc(CCl)cs1)C(C)CC. The molecule has 2 nitrogen and oxygen atoms in total. The summed E-state index contributed by atoms with van der Waals surface area (Å²) in [6, 6.07) is 0.696. The van der Waals surface area contributed by atoms with Gasteiger partial charge in [0.1, 0.15) is 0 Å². The van der Waals surface area contributed by atoms with Gasteiger partial charge in [0.2, 0.25) is 0 Å². The molecule has 0 aromatic carbocycles. The molecule has 0 N–H and O–H groups in total. The maximum Gasteiger partial charge on any atom is 0.0929 e. The van der Waals surface area contributed by atoms with E-state index < -0.39 is 0 Å². The van der Waals surface area contributed by atoms with Crippen molar-refractivity contribution in [3.05, 3.63) is 16.1 Å². The van der Waals surface area contributed by atoms with Crippen LogP contribution in [0.1, 0.15) is 57.2 Å². The Morgan fingerprint density at radius 1 is 1.32 bits per heavy atom. The average molecular weight is 303 g/mol. The van der Waals surface area contributed by atoms with Crippen molar-refractivity contribution in [2.24, 2.45) is 0 Å². The molecule has 0 saturated carbocycles. The number of thiazole rings is 1. The summed E-state index contributed by atoms with van der Waals surface area (Å²) in [5.74, 6) is 0.534. The normalized spacial score (nSPS) is 13.1. The van der Waals surface area contributed by atoms with Gasteiger partial charge in [0, 0.05) is 17.8 Å². The van der Waals surface area contributed by atoms with Crippen molar-refractivity contribution >= 4 is 22.9 Å². The highest BCUT2D eigenvalue weighted by molar-refractivity contribution is 7.09. The number of rotatable bonds is 10. The predicted octanol–water partition coefficient (Wildman–Crippen LogP) is 4.72. The fourth-order valence-electron chi connectivity index (χ4n) is 2.13. The predicted molar refractivity (Wildman–Crippen MR) is 86.2 cm³/mol. The molecule has 4 heteroatoms. The van der Waals surface area contributed by atoms with Gasteiger partial charge >= 0.3 is 0 Å². The maximum atomic E-state index is 5.78. The number of hydrogen-bond donors (Lipinski definition) is 0. The zero-order valence-electron chi connectivity index (χ0n) is 12.5. The van der Waals surface area contributed by atoms with Gasteiger partial charge in [-0.1, -0.05) is 20.3 Å². The van der Waals surface area contributed by atoms with Crippen LogP contribution in [0.25, 0.3) is 0 Å². The number of aromatic nitrogens is 1. The Morgan fingerprint density at radius 2 is 2.05 bits per heavy atom. The molecule has 1 aromatic heterocycles. The summed E-state index contributed by atoms with van der Waals surface area (Å²) < 4.78 is 0. The van der Waals surface area contributed by atoms with E-state index in [0.717, 1.165) is 12.1 Å². The number of aryl methyl sites for hydroxylation is 1. The standard InChI is InChI=1S/C15H27ClN2S/c1-4-6-9-18(13(3)5-2)10-7-8-15-17-14(11-16)12-19-15/h12-13H,4-11H2,1-3H3. The fraction of sp³-hybridized carbons (Fsp3) is 0.800. The summed E-state index contributed by atoms with van der Waals surface area (Å²) >= 11 is 7.52. The highest BCUT2D eigenvalue weighted by Crippen LogP contribution is 2.14. The second-order valence-electron chi connectivity index (χ2n) is 5.12. The van der Waals surface area contributed by atoms with Crippen LogP contribution < -0.4 is 0 Å². The van der Waals surface area contributed by atoms with E-state index in [0.29, 0.717) is 11.9 Å². The second kappa shape index (κ2) is 9.73. The van der Waals surface area contributed by atoms with Crippen molar-refractivity contribution in [2.75, 3.05) is 13.1 Å². The van der Waals surface area contributed by atoms with Crippen LogP contribution in [0.4, 0.5) is 0 Å². The Morgan fingerprint density at radius 3 is 2.63 bits per heavy atom. The van der Waals surface area contributed by atoms with Crippen LogP contribution in [0.3, 0.4) is 0 Å². The van der Waals surface area contributed by atoms with E-state index in [4.69, 9.17) is 11.6 Å². The highest BCUT2D eigenvalue weighted by Gasteiger charge is 2.11. The summed E-state index contributed by atoms with van der Waals surface area (Å²) in [6.07, 6.45) is 6.09. The maximum absolute atomic E-state index is 5.78. The number of hydrogen-bond acceptors (Lipinski definition) is 3. The van der Waals surface area contributed by atoms with Crippen molar-refractivity contribution in [1.29, 1.82) is 0 Å². The van der Waals surface area contributed by atoms with Crippen molar-refractivity contribution in [1.82, 2.24) is 9.88 Å². The van der Waals surface area contributed by atoms with Crippen molar-refractivity contribution in [3.8, 4) is 0 Å². The molecule has 0 aliphatic rings. The molecule has 0 bridgehead atoms. The zero-order chi connectivity index (χ0) is 14.1. The molecule has 1 heterocycles. The van der Waals surface area contributed by atoms with Crippen molar-refractivity contribution < 1.29 is 0 Å². The van der Waals surface area contributed by atoms with Gasteiger partial charge in [-0.25, -0.2) is 4.98 Å². The van der Waals surface area contributed by atoms with Crippen molar-refractivity contribution in [3.63, 3.8) is 0 Å². The second-order valence-corrected chi connectivity index (χ2v) is 6.33. The topological polar surface area (TPSA) is 16.1 Å². The van der Waals surface area contributed by atoms with E-state index >= 15 is 0 Å². The molecule has 0 amide bonds. The molecule has 0 aliphatic heterocycles. The van der Waals surface area contributed by atoms with Gasteiger partial charge in [-0.3, -0.25) is 0 Å². The van der Waals surface area contributed by atoms with Crippen LogP contribution in [0, 0.1) is 0 Å². The molecule has 0 fully saturated rings. The lowest BCUT2D eigenvalue weighted by molar-refractivity contribution is 0.198. The number of unbranched alkanes of at least 4 members (excludes halogenated alkanes) is 1. The number of halogens is 1. The van der Waals surface area contributed by atoms with Gasteiger partial charge in [0.05, 0.1) is 16.6 Å². The Kier molecular flexibility index (Phi) is 8.67. The molecule has 0 spiro atoms. The Labute approximate surface area is 127 Å². The first-order valence-electron chi connectivity index (χ1n) is 7.44. The van der Waals surface area contributed by atoms with Gasteiger partial charge in [-0.15, -0.1) is 22.9 Å². The first kappa shape index (κ1) is 16.9. The smallest absolute Gasteiger partial charge is 0.0929 e. The lowest BCUT2D eigenvalue weighted by Gasteiger charge is -2.28. The van der Waals surface area contributed by atoms with Gasteiger partial charge in [-0.2, -0.15) is 0 Å². The molecule has 110 valence electrons. The largest absolute Gasteiger partial charge is 0.301 e. The summed E-state index contributed by atoms with van der Waals surface area (Å²) in [7, 11) is 0. The monoisotopic (exact) mass is 302 g/mol. The van der Waals surface area contributed by atoms with Gasteiger partial charge in [0.15, 0.2) is 0 Å². The molecule has 0 aliphatic carbocycles. The van der Waals surface area contributed by atoms with Gasteiger partial charge in [-0.05, 0) is 39.3 Å². The van der Waals surface area contributed by atoms with E-state index in [9.17, 15) is 0 Å². The quantitative estimate of drug-likeness (QED) is 0.582. The molecular formula is C15H27ClN2S. The summed E-state index contributed by atoms with van der Waals surface area (Å²) in [5, 5.41) is 3.31. The lowest BCUT2D eigenvalue weighted by Crippen LogP contribution is -2.34. The molecule has 1 unspecified atom stereocenters. The first-order valence-corrected chi connectivity index (χ1v) is 8.85. The van der Waals surface area contributed by atoms with Crippen LogP contribution in [-0.2, 0) is 12.3 Å². The molecule has 1 rings (SSSR count). The average Bonchev–Trinajstić information content (AvgIpc) is 2.89. The highest BCUT2D eigenvalue weighted by atomic mass is 35.5. The van der Waals surface area contributed by atoms with Crippen LogP contribution in [0.5, 0.6) is 0 Å². The third-order valence-corrected chi connectivity index (χ3v) is 4.82. The van der Waals surface area contributed by atoms with Crippen LogP contribution >= 0.6 is 22.9 Å².